The molecular weight excluding hydrogens is 254 g/mol. The average Bonchev–Trinajstić information content (AvgIpc) is 2.35. The van der Waals surface area contributed by atoms with Gasteiger partial charge in [0.25, 0.3) is 5.91 Å². The summed E-state index contributed by atoms with van der Waals surface area (Å²) in [4.78, 5) is 23.8. The van der Waals surface area contributed by atoms with Crippen LogP contribution in [0.1, 0.15) is 38.1 Å². The first kappa shape index (κ1) is 16.0. The molecule has 1 rings (SSSR count). The monoisotopic (exact) mass is 277 g/mol. The van der Waals surface area contributed by atoms with Gasteiger partial charge in [0, 0.05) is 12.6 Å². The smallest absolute Gasteiger partial charge is 0.319 e. The fourth-order valence-electron chi connectivity index (χ4n) is 1.60. The third-order valence-corrected chi connectivity index (χ3v) is 2.51. The van der Waals surface area contributed by atoms with Crippen LogP contribution in [0.15, 0.2) is 24.3 Å². The molecule has 5 heteroatoms. The van der Waals surface area contributed by atoms with Crippen LogP contribution in [-0.2, 0) is 0 Å². The van der Waals surface area contributed by atoms with Crippen molar-refractivity contribution in [3.63, 3.8) is 0 Å². The molecule has 0 fully saturated rings. The molecule has 0 saturated carbocycles. The molecule has 1 aromatic carbocycles. The Kier molecular flexibility index (Phi) is 6.03. The fourth-order valence-corrected chi connectivity index (χ4v) is 1.60. The van der Waals surface area contributed by atoms with Gasteiger partial charge in [0.1, 0.15) is 0 Å². The Labute approximate surface area is 120 Å². The number of hydrogen-bond donors (Lipinski definition) is 3. The Bertz CT molecular complexity index is 470. The summed E-state index contributed by atoms with van der Waals surface area (Å²) in [5.41, 5.74) is 0.971. The number of benzene rings is 1. The summed E-state index contributed by atoms with van der Waals surface area (Å²) in [6, 6.07) is 6.69. The van der Waals surface area contributed by atoms with Gasteiger partial charge < -0.3 is 16.0 Å². The van der Waals surface area contributed by atoms with Crippen LogP contribution in [0.3, 0.4) is 0 Å². The van der Waals surface area contributed by atoms with E-state index in [2.05, 4.69) is 16.0 Å². The number of amides is 3. The number of anilines is 1. The highest BCUT2D eigenvalue weighted by Crippen LogP contribution is 2.14. The maximum Gasteiger partial charge on any atom is 0.319 e. The van der Waals surface area contributed by atoms with E-state index in [0.717, 1.165) is 0 Å². The van der Waals surface area contributed by atoms with Crippen molar-refractivity contribution in [3.05, 3.63) is 29.8 Å². The van der Waals surface area contributed by atoms with Crippen LogP contribution in [0.5, 0.6) is 0 Å². The molecule has 0 unspecified atom stereocenters. The van der Waals surface area contributed by atoms with Crippen LogP contribution in [0, 0.1) is 5.92 Å². The van der Waals surface area contributed by atoms with Gasteiger partial charge in [0.05, 0.1) is 11.3 Å². The summed E-state index contributed by atoms with van der Waals surface area (Å²) in [6.45, 7) is 8.41. The number of nitrogens with one attached hydrogen (secondary N) is 3. The van der Waals surface area contributed by atoms with E-state index in [1.54, 1.807) is 24.3 Å². The number of carbonyl (C=O) groups is 2. The lowest BCUT2D eigenvalue weighted by Crippen LogP contribution is -2.35. The summed E-state index contributed by atoms with van der Waals surface area (Å²) < 4.78 is 0. The molecule has 5 nitrogen and oxygen atoms in total. The molecule has 0 heterocycles. The molecule has 0 spiro atoms. The highest BCUT2D eigenvalue weighted by atomic mass is 16.2. The number of rotatable bonds is 5. The molecule has 0 aromatic heterocycles. The molecule has 3 amide bonds. The van der Waals surface area contributed by atoms with Gasteiger partial charge in [0.15, 0.2) is 0 Å². The van der Waals surface area contributed by atoms with Crippen molar-refractivity contribution in [2.45, 2.75) is 33.7 Å². The maximum absolute atomic E-state index is 12.1. The van der Waals surface area contributed by atoms with Crippen LogP contribution in [0.25, 0.3) is 0 Å². The van der Waals surface area contributed by atoms with Gasteiger partial charge in [-0.05, 0) is 31.9 Å². The second kappa shape index (κ2) is 7.53. The third kappa shape index (κ3) is 5.30. The first-order chi connectivity index (χ1) is 9.40. The average molecular weight is 277 g/mol. The third-order valence-electron chi connectivity index (χ3n) is 2.51. The first-order valence-corrected chi connectivity index (χ1v) is 6.85. The van der Waals surface area contributed by atoms with Gasteiger partial charge in [-0.1, -0.05) is 26.0 Å². The Morgan fingerprint density at radius 2 is 1.75 bits per heavy atom. The lowest BCUT2D eigenvalue weighted by molar-refractivity contribution is 0.0950. The maximum atomic E-state index is 12.1. The Morgan fingerprint density at radius 1 is 1.10 bits per heavy atom. The van der Waals surface area contributed by atoms with E-state index in [9.17, 15) is 9.59 Å². The van der Waals surface area contributed by atoms with Crippen LogP contribution in [0.4, 0.5) is 10.5 Å². The zero-order valence-corrected chi connectivity index (χ0v) is 12.5. The molecule has 0 radical (unpaired) electrons. The van der Waals surface area contributed by atoms with Crippen molar-refractivity contribution in [3.8, 4) is 0 Å². The standard InChI is InChI=1S/C15H23N3O2/c1-10(2)9-16-14(19)12-7-5-6-8-13(12)18-15(20)17-11(3)4/h5-8,10-11H,9H2,1-4H3,(H,16,19)(H2,17,18,20). The van der Waals surface area contributed by atoms with Crippen molar-refractivity contribution in [2.75, 3.05) is 11.9 Å². The van der Waals surface area contributed by atoms with Gasteiger partial charge in [-0.2, -0.15) is 0 Å². The molecule has 1 aromatic rings. The van der Waals surface area contributed by atoms with Crippen LogP contribution in [0.2, 0.25) is 0 Å². The lowest BCUT2D eigenvalue weighted by Gasteiger charge is -2.14. The summed E-state index contributed by atoms with van der Waals surface area (Å²) >= 11 is 0. The summed E-state index contributed by atoms with van der Waals surface area (Å²) in [7, 11) is 0. The second-order valence-electron chi connectivity index (χ2n) is 5.40. The summed E-state index contributed by atoms with van der Waals surface area (Å²) in [5, 5.41) is 8.27. The molecular formula is C15H23N3O2. The van der Waals surface area contributed by atoms with E-state index >= 15 is 0 Å². The zero-order valence-electron chi connectivity index (χ0n) is 12.5. The molecule has 110 valence electrons. The summed E-state index contributed by atoms with van der Waals surface area (Å²) in [6.07, 6.45) is 0. The molecule has 0 aliphatic carbocycles. The number of hydrogen-bond acceptors (Lipinski definition) is 2. The van der Waals surface area contributed by atoms with Crippen molar-refractivity contribution >= 4 is 17.6 Å². The summed E-state index contributed by atoms with van der Waals surface area (Å²) in [5.74, 6) is 0.197. The lowest BCUT2D eigenvalue weighted by atomic mass is 10.1. The van der Waals surface area contributed by atoms with Gasteiger partial charge in [-0.3, -0.25) is 4.79 Å². The molecule has 0 bridgehead atoms. The number of urea groups is 1. The SMILES string of the molecule is CC(C)CNC(=O)c1ccccc1NC(=O)NC(C)C. The topological polar surface area (TPSA) is 70.2 Å². The van der Waals surface area contributed by atoms with E-state index in [1.807, 2.05) is 27.7 Å². The van der Waals surface area contributed by atoms with E-state index in [4.69, 9.17) is 0 Å². The minimum atomic E-state index is -0.316. The predicted octanol–water partition coefficient (Wildman–Crippen LogP) is 2.60. The van der Waals surface area contributed by atoms with Crippen molar-refractivity contribution < 1.29 is 9.59 Å². The normalized spacial score (nSPS) is 10.5. The second-order valence-corrected chi connectivity index (χ2v) is 5.40. The minimum absolute atomic E-state index is 0.0388. The van der Waals surface area contributed by atoms with Crippen molar-refractivity contribution in [1.82, 2.24) is 10.6 Å². The van der Waals surface area contributed by atoms with E-state index < -0.39 is 0 Å². The molecule has 0 aliphatic heterocycles. The highest BCUT2D eigenvalue weighted by Gasteiger charge is 2.13. The first-order valence-electron chi connectivity index (χ1n) is 6.85. The molecule has 0 aliphatic rings. The molecule has 3 N–H and O–H groups in total. The van der Waals surface area contributed by atoms with E-state index in [-0.39, 0.29) is 18.0 Å². The number of para-hydroxylation sites is 1. The van der Waals surface area contributed by atoms with E-state index in [0.29, 0.717) is 23.7 Å². The Morgan fingerprint density at radius 3 is 2.35 bits per heavy atom. The predicted molar refractivity (Wildman–Crippen MR) is 80.9 cm³/mol. The van der Waals surface area contributed by atoms with Crippen LogP contribution >= 0.6 is 0 Å². The van der Waals surface area contributed by atoms with Crippen molar-refractivity contribution in [2.24, 2.45) is 5.92 Å². The number of carbonyl (C=O) groups excluding carboxylic acids is 2. The molecule has 0 saturated heterocycles. The zero-order chi connectivity index (χ0) is 15.1. The quantitative estimate of drug-likeness (QED) is 0.774. The largest absolute Gasteiger partial charge is 0.352 e. The van der Waals surface area contributed by atoms with Crippen LogP contribution in [-0.4, -0.2) is 24.5 Å². The minimum Gasteiger partial charge on any atom is -0.352 e. The van der Waals surface area contributed by atoms with Gasteiger partial charge in [-0.25, -0.2) is 4.79 Å². The van der Waals surface area contributed by atoms with E-state index in [1.165, 1.54) is 0 Å². The fraction of sp³-hybridized carbons (Fsp3) is 0.467. The van der Waals surface area contributed by atoms with Crippen molar-refractivity contribution in [1.29, 1.82) is 0 Å². The molecule has 0 atom stereocenters. The van der Waals surface area contributed by atoms with Crippen LogP contribution < -0.4 is 16.0 Å². The van der Waals surface area contributed by atoms with Gasteiger partial charge in [0.2, 0.25) is 0 Å². The van der Waals surface area contributed by atoms with Gasteiger partial charge >= 0.3 is 6.03 Å². The Balaban J connectivity index is 2.77. The molecule has 20 heavy (non-hydrogen) atoms. The van der Waals surface area contributed by atoms with Gasteiger partial charge in [-0.15, -0.1) is 0 Å². The highest BCUT2D eigenvalue weighted by molar-refractivity contribution is 6.03. The Hall–Kier alpha value is -2.04.